The van der Waals surface area contributed by atoms with Crippen LogP contribution in [0.5, 0.6) is 0 Å². The number of halogens is 3. The van der Waals surface area contributed by atoms with E-state index in [0.717, 1.165) is 10.7 Å². The molecule has 6 heteroatoms. The molecule has 0 aromatic carbocycles. The number of rotatable bonds is 4. The van der Waals surface area contributed by atoms with Crippen molar-refractivity contribution in [3.05, 3.63) is 18.0 Å². The van der Waals surface area contributed by atoms with Gasteiger partial charge in [0.05, 0.1) is 6.54 Å². The molecule has 0 aliphatic rings. The van der Waals surface area contributed by atoms with Crippen LogP contribution in [0.15, 0.2) is 12.3 Å². The molecule has 16 heavy (non-hydrogen) atoms. The molecule has 1 unspecified atom stereocenters. The summed E-state index contributed by atoms with van der Waals surface area (Å²) in [5.74, 6) is -0.266. The first kappa shape index (κ1) is 12.7. The molecule has 1 rings (SSSR count). The number of carbonyl (C=O) groups is 1. The highest BCUT2D eigenvalue weighted by atomic mass is 19.4. The van der Waals surface area contributed by atoms with E-state index in [2.05, 4.69) is 5.10 Å². The van der Waals surface area contributed by atoms with E-state index in [1.165, 1.54) is 6.20 Å². The Bertz CT molecular complexity index is 370. The average molecular weight is 234 g/mol. The summed E-state index contributed by atoms with van der Waals surface area (Å²) in [4.78, 5) is 11.5. The van der Waals surface area contributed by atoms with Gasteiger partial charge in [0.1, 0.15) is 0 Å². The second-order valence-electron chi connectivity index (χ2n) is 3.67. The molecule has 0 aliphatic heterocycles. The van der Waals surface area contributed by atoms with Gasteiger partial charge in [0.25, 0.3) is 0 Å². The lowest BCUT2D eigenvalue weighted by molar-refractivity contribution is -0.141. The molecule has 0 saturated heterocycles. The first-order valence-corrected chi connectivity index (χ1v) is 4.98. The van der Waals surface area contributed by atoms with E-state index in [1.807, 2.05) is 6.92 Å². The maximum Gasteiger partial charge on any atom is 0.435 e. The SMILES string of the molecule is CCC(C)C(=O)Cn1ccc(C(F)(F)F)n1. The van der Waals surface area contributed by atoms with Crippen LogP contribution in [-0.2, 0) is 17.5 Å². The fourth-order valence-corrected chi connectivity index (χ4v) is 1.14. The molecular weight excluding hydrogens is 221 g/mol. The molecule has 0 fully saturated rings. The van der Waals surface area contributed by atoms with Gasteiger partial charge in [0.2, 0.25) is 0 Å². The fourth-order valence-electron chi connectivity index (χ4n) is 1.14. The average Bonchev–Trinajstić information content (AvgIpc) is 2.64. The Morgan fingerprint density at radius 2 is 2.19 bits per heavy atom. The number of alkyl halides is 3. The first-order chi connectivity index (χ1) is 7.34. The Morgan fingerprint density at radius 3 is 2.62 bits per heavy atom. The van der Waals surface area contributed by atoms with Crippen molar-refractivity contribution in [1.29, 1.82) is 0 Å². The third-order valence-electron chi connectivity index (χ3n) is 2.41. The second-order valence-corrected chi connectivity index (χ2v) is 3.67. The normalized spacial score (nSPS) is 13.8. The summed E-state index contributed by atoms with van der Waals surface area (Å²) >= 11 is 0. The molecule has 0 amide bonds. The Kier molecular flexibility index (Phi) is 3.72. The van der Waals surface area contributed by atoms with Crippen LogP contribution in [0.3, 0.4) is 0 Å². The van der Waals surface area contributed by atoms with Crippen molar-refractivity contribution in [3.63, 3.8) is 0 Å². The lowest BCUT2D eigenvalue weighted by atomic mass is 10.0. The van der Waals surface area contributed by atoms with Crippen molar-refractivity contribution in [3.8, 4) is 0 Å². The zero-order chi connectivity index (χ0) is 12.3. The minimum atomic E-state index is -4.45. The van der Waals surface area contributed by atoms with Gasteiger partial charge in [-0.15, -0.1) is 0 Å². The third kappa shape index (κ3) is 3.08. The number of nitrogens with zero attached hydrogens (tertiary/aromatic N) is 2. The molecule has 1 aromatic rings. The topological polar surface area (TPSA) is 34.9 Å². The van der Waals surface area contributed by atoms with E-state index >= 15 is 0 Å². The van der Waals surface area contributed by atoms with Crippen molar-refractivity contribution in [2.24, 2.45) is 5.92 Å². The molecule has 1 heterocycles. The summed E-state index contributed by atoms with van der Waals surface area (Å²) in [5, 5.41) is 3.31. The quantitative estimate of drug-likeness (QED) is 0.802. The van der Waals surface area contributed by atoms with Gasteiger partial charge in [0.15, 0.2) is 11.5 Å². The number of carbonyl (C=O) groups excluding carboxylic acids is 1. The fraction of sp³-hybridized carbons (Fsp3) is 0.600. The molecule has 1 atom stereocenters. The Labute approximate surface area is 91.3 Å². The lowest BCUT2D eigenvalue weighted by Gasteiger charge is -2.07. The molecule has 0 saturated carbocycles. The van der Waals surface area contributed by atoms with Crippen molar-refractivity contribution in [2.45, 2.75) is 33.0 Å². The number of hydrogen-bond donors (Lipinski definition) is 0. The predicted molar refractivity (Wildman–Crippen MR) is 51.7 cm³/mol. The highest BCUT2D eigenvalue weighted by Crippen LogP contribution is 2.27. The third-order valence-corrected chi connectivity index (χ3v) is 2.41. The number of hydrogen-bond acceptors (Lipinski definition) is 2. The summed E-state index contributed by atoms with van der Waals surface area (Å²) in [5.41, 5.74) is -0.968. The van der Waals surface area contributed by atoms with Crippen LogP contribution >= 0.6 is 0 Å². The van der Waals surface area contributed by atoms with Crippen LogP contribution in [-0.4, -0.2) is 15.6 Å². The van der Waals surface area contributed by atoms with Crippen LogP contribution in [0.4, 0.5) is 13.2 Å². The van der Waals surface area contributed by atoms with Crippen LogP contribution in [0, 0.1) is 5.92 Å². The van der Waals surface area contributed by atoms with Crippen molar-refractivity contribution >= 4 is 5.78 Å². The van der Waals surface area contributed by atoms with Gasteiger partial charge in [-0.2, -0.15) is 18.3 Å². The second kappa shape index (κ2) is 4.67. The monoisotopic (exact) mass is 234 g/mol. The summed E-state index contributed by atoms with van der Waals surface area (Å²) < 4.78 is 37.6. The van der Waals surface area contributed by atoms with E-state index < -0.39 is 11.9 Å². The van der Waals surface area contributed by atoms with E-state index in [1.54, 1.807) is 6.92 Å². The predicted octanol–water partition coefficient (Wildman–Crippen LogP) is 2.52. The summed E-state index contributed by atoms with van der Waals surface area (Å²) in [6.07, 6.45) is -2.61. The molecule has 0 spiro atoms. The highest BCUT2D eigenvalue weighted by Gasteiger charge is 2.33. The van der Waals surface area contributed by atoms with Gasteiger partial charge in [0, 0.05) is 12.1 Å². The van der Waals surface area contributed by atoms with E-state index in [0.29, 0.717) is 6.42 Å². The maximum atomic E-state index is 12.2. The minimum Gasteiger partial charge on any atom is -0.297 e. The van der Waals surface area contributed by atoms with Crippen molar-refractivity contribution < 1.29 is 18.0 Å². The van der Waals surface area contributed by atoms with Crippen molar-refractivity contribution in [2.75, 3.05) is 0 Å². The summed E-state index contributed by atoms with van der Waals surface area (Å²) in [6.45, 7) is 3.49. The molecular formula is C10H13F3N2O. The van der Waals surface area contributed by atoms with Crippen LogP contribution < -0.4 is 0 Å². The number of aromatic nitrogens is 2. The van der Waals surface area contributed by atoms with Gasteiger partial charge in [-0.1, -0.05) is 13.8 Å². The molecule has 0 aliphatic carbocycles. The highest BCUT2D eigenvalue weighted by molar-refractivity contribution is 5.80. The zero-order valence-corrected chi connectivity index (χ0v) is 9.08. The van der Waals surface area contributed by atoms with Gasteiger partial charge >= 0.3 is 6.18 Å². The smallest absolute Gasteiger partial charge is 0.297 e. The standard InChI is InChI=1S/C10H13F3N2O/c1-3-7(2)8(16)6-15-5-4-9(14-15)10(11,12)13/h4-5,7H,3,6H2,1-2H3. The van der Waals surface area contributed by atoms with Gasteiger partial charge < -0.3 is 0 Å². The Morgan fingerprint density at radius 1 is 1.56 bits per heavy atom. The van der Waals surface area contributed by atoms with E-state index in [9.17, 15) is 18.0 Å². The van der Waals surface area contributed by atoms with Crippen molar-refractivity contribution in [1.82, 2.24) is 9.78 Å². The first-order valence-electron chi connectivity index (χ1n) is 4.98. The summed E-state index contributed by atoms with van der Waals surface area (Å²) in [7, 11) is 0. The van der Waals surface area contributed by atoms with Gasteiger partial charge in [-0.05, 0) is 12.5 Å². The summed E-state index contributed by atoms with van der Waals surface area (Å²) in [6, 6.07) is 0.865. The Hall–Kier alpha value is -1.33. The van der Waals surface area contributed by atoms with Gasteiger partial charge in [-0.3, -0.25) is 9.48 Å². The van der Waals surface area contributed by atoms with E-state index in [-0.39, 0.29) is 18.2 Å². The molecule has 90 valence electrons. The zero-order valence-electron chi connectivity index (χ0n) is 9.08. The molecule has 1 aromatic heterocycles. The largest absolute Gasteiger partial charge is 0.435 e. The maximum absolute atomic E-state index is 12.2. The van der Waals surface area contributed by atoms with Crippen LogP contribution in [0.2, 0.25) is 0 Å². The molecule has 3 nitrogen and oxygen atoms in total. The van der Waals surface area contributed by atoms with E-state index in [4.69, 9.17) is 0 Å². The molecule has 0 bridgehead atoms. The minimum absolute atomic E-state index is 0.106. The number of Topliss-reactive ketones (excluding diaryl/α,β-unsaturated/α-hetero) is 1. The Balaban J connectivity index is 2.70. The van der Waals surface area contributed by atoms with Crippen LogP contribution in [0.1, 0.15) is 26.0 Å². The molecule has 0 radical (unpaired) electrons. The lowest BCUT2D eigenvalue weighted by Crippen LogP contribution is -2.18. The van der Waals surface area contributed by atoms with Gasteiger partial charge in [-0.25, -0.2) is 0 Å². The molecule has 0 N–H and O–H groups in total. The number of ketones is 1. The van der Waals surface area contributed by atoms with Crippen LogP contribution in [0.25, 0.3) is 0 Å².